The van der Waals surface area contributed by atoms with Crippen LogP contribution in [0.5, 0.6) is 0 Å². The topological polar surface area (TPSA) is 90.0 Å². The molecule has 3 amide bonds. The molecule has 0 aromatic rings. The van der Waals surface area contributed by atoms with Gasteiger partial charge in [0.05, 0.1) is 0 Å². The number of aliphatic carboxylic acids is 1. The van der Waals surface area contributed by atoms with Gasteiger partial charge in [0.1, 0.15) is 6.04 Å². The van der Waals surface area contributed by atoms with Crippen LogP contribution in [0.15, 0.2) is 0 Å². The number of likely N-dealkylation sites (tertiary alicyclic amines) is 1. The van der Waals surface area contributed by atoms with E-state index in [0.29, 0.717) is 18.9 Å². The lowest BCUT2D eigenvalue weighted by Crippen LogP contribution is -2.53. The van der Waals surface area contributed by atoms with Gasteiger partial charge in [-0.1, -0.05) is 6.92 Å². The Morgan fingerprint density at radius 3 is 2.55 bits per heavy atom. The number of hydrogen-bond donors (Lipinski definition) is 2. The van der Waals surface area contributed by atoms with Crippen LogP contribution in [-0.4, -0.2) is 66.0 Å². The molecule has 1 saturated heterocycles. The fourth-order valence-electron chi connectivity index (χ4n) is 2.22. The number of amides is 3. The third-order valence-electron chi connectivity index (χ3n) is 3.52. The van der Waals surface area contributed by atoms with Crippen molar-refractivity contribution < 1.29 is 19.5 Å². The second-order valence-electron chi connectivity index (χ2n) is 5.45. The summed E-state index contributed by atoms with van der Waals surface area (Å²) in [6.45, 7) is 2.64. The van der Waals surface area contributed by atoms with E-state index in [0.717, 1.165) is 6.42 Å². The highest BCUT2D eigenvalue weighted by Crippen LogP contribution is 2.22. The summed E-state index contributed by atoms with van der Waals surface area (Å²) in [5.41, 5.74) is 0. The van der Waals surface area contributed by atoms with Crippen molar-refractivity contribution in [2.45, 2.75) is 32.2 Å². The van der Waals surface area contributed by atoms with Crippen LogP contribution in [0.2, 0.25) is 0 Å². The van der Waals surface area contributed by atoms with E-state index in [9.17, 15) is 19.5 Å². The van der Waals surface area contributed by atoms with Crippen LogP contribution in [0.3, 0.4) is 0 Å². The number of carbonyl (C=O) groups excluding carboxylic acids is 2. The highest BCUT2D eigenvalue weighted by molar-refractivity contribution is 5.83. The van der Waals surface area contributed by atoms with Crippen LogP contribution in [0.4, 0.5) is 4.79 Å². The van der Waals surface area contributed by atoms with Gasteiger partial charge in [0, 0.05) is 33.6 Å². The van der Waals surface area contributed by atoms with E-state index in [1.165, 1.54) is 9.80 Å². The first-order valence-corrected chi connectivity index (χ1v) is 6.80. The smallest absolute Gasteiger partial charge is 0.326 e. The van der Waals surface area contributed by atoms with Crippen LogP contribution >= 0.6 is 0 Å². The third-order valence-corrected chi connectivity index (χ3v) is 3.52. The molecule has 2 N–H and O–H groups in total. The number of carboxylic acid groups (broad SMARTS) is 1. The van der Waals surface area contributed by atoms with E-state index < -0.39 is 18.0 Å². The Kier molecular flexibility index (Phi) is 5.79. The number of urea groups is 1. The monoisotopic (exact) mass is 285 g/mol. The molecule has 2 unspecified atom stereocenters. The van der Waals surface area contributed by atoms with Gasteiger partial charge in [-0.15, -0.1) is 0 Å². The molecule has 1 aliphatic heterocycles. The quantitative estimate of drug-likeness (QED) is 0.780. The molecule has 20 heavy (non-hydrogen) atoms. The standard InChI is InChI=1S/C13H23N3O4/c1-9-5-7-16(10(8-9)12(18)19)13(20)14-6-4-11(17)15(2)3/h9-10H,4-8H2,1-3H3,(H,14,20)(H,18,19). The SMILES string of the molecule is CC1CCN(C(=O)NCCC(=O)N(C)C)C(C(=O)O)C1. The second-order valence-corrected chi connectivity index (χ2v) is 5.45. The number of nitrogens with one attached hydrogen (secondary N) is 1. The zero-order valence-corrected chi connectivity index (χ0v) is 12.3. The molecule has 2 atom stereocenters. The lowest BCUT2D eigenvalue weighted by atomic mass is 9.93. The van der Waals surface area contributed by atoms with Crippen molar-refractivity contribution in [1.82, 2.24) is 15.1 Å². The third kappa shape index (κ3) is 4.40. The summed E-state index contributed by atoms with van der Waals surface area (Å²) in [4.78, 5) is 37.4. The van der Waals surface area contributed by atoms with Crippen molar-refractivity contribution in [1.29, 1.82) is 0 Å². The first kappa shape index (κ1) is 16.3. The van der Waals surface area contributed by atoms with Crippen LogP contribution < -0.4 is 5.32 Å². The molecule has 0 saturated carbocycles. The Hall–Kier alpha value is -1.79. The maximum Gasteiger partial charge on any atom is 0.326 e. The molecule has 0 radical (unpaired) electrons. The fraction of sp³-hybridized carbons (Fsp3) is 0.769. The van der Waals surface area contributed by atoms with E-state index in [1.54, 1.807) is 14.1 Å². The van der Waals surface area contributed by atoms with Crippen molar-refractivity contribution in [3.63, 3.8) is 0 Å². The van der Waals surface area contributed by atoms with E-state index in [-0.39, 0.29) is 18.9 Å². The summed E-state index contributed by atoms with van der Waals surface area (Å²) in [6.07, 6.45) is 1.48. The molecule has 1 aliphatic rings. The van der Waals surface area contributed by atoms with Crippen LogP contribution in [0.1, 0.15) is 26.2 Å². The van der Waals surface area contributed by atoms with Crippen molar-refractivity contribution in [3.8, 4) is 0 Å². The summed E-state index contributed by atoms with van der Waals surface area (Å²) >= 11 is 0. The predicted molar refractivity (Wildman–Crippen MR) is 73.2 cm³/mol. The number of carbonyl (C=O) groups is 3. The van der Waals surface area contributed by atoms with Crippen molar-refractivity contribution in [3.05, 3.63) is 0 Å². The van der Waals surface area contributed by atoms with Crippen molar-refractivity contribution in [2.24, 2.45) is 5.92 Å². The fourth-order valence-corrected chi connectivity index (χ4v) is 2.22. The lowest BCUT2D eigenvalue weighted by Gasteiger charge is -2.35. The highest BCUT2D eigenvalue weighted by atomic mass is 16.4. The number of rotatable bonds is 4. The van der Waals surface area contributed by atoms with E-state index in [1.807, 2.05) is 6.92 Å². The average molecular weight is 285 g/mol. The molecular formula is C13H23N3O4. The lowest BCUT2D eigenvalue weighted by molar-refractivity contribution is -0.144. The summed E-state index contributed by atoms with van der Waals surface area (Å²) in [6, 6.07) is -1.18. The molecule has 0 aliphatic carbocycles. The largest absolute Gasteiger partial charge is 0.480 e. The molecule has 7 heteroatoms. The normalized spacial score (nSPS) is 22.2. The molecule has 1 rings (SSSR count). The summed E-state index contributed by atoms with van der Waals surface area (Å²) < 4.78 is 0. The summed E-state index contributed by atoms with van der Waals surface area (Å²) in [7, 11) is 3.30. The minimum absolute atomic E-state index is 0.0765. The van der Waals surface area contributed by atoms with Gasteiger partial charge in [-0.3, -0.25) is 4.79 Å². The molecule has 0 aromatic carbocycles. The van der Waals surface area contributed by atoms with Gasteiger partial charge >= 0.3 is 12.0 Å². The first-order chi connectivity index (χ1) is 9.32. The number of hydrogen-bond acceptors (Lipinski definition) is 3. The van der Waals surface area contributed by atoms with Crippen LogP contribution in [0.25, 0.3) is 0 Å². The molecule has 0 aromatic heterocycles. The highest BCUT2D eigenvalue weighted by Gasteiger charge is 2.34. The molecule has 1 heterocycles. The maximum atomic E-state index is 12.0. The number of nitrogens with zero attached hydrogens (tertiary/aromatic N) is 2. The van der Waals surface area contributed by atoms with E-state index in [2.05, 4.69) is 5.32 Å². The molecule has 7 nitrogen and oxygen atoms in total. The molecular weight excluding hydrogens is 262 g/mol. The first-order valence-electron chi connectivity index (χ1n) is 6.80. The minimum atomic E-state index is -0.976. The van der Waals surface area contributed by atoms with Gasteiger partial charge in [-0.25, -0.2) is 9.59 Å². The molecule has 0 bridgehead atoms. The summed E-state index contributed by atoms with van der Waals surface area (Å²) in [5, 5.41) is 11.8. The minimum Gasteiger partial charge on any atom is -0.480 e. The van der Waals surface area contributed by atoms with Gasteiger partial charge in [0.2, 0.25) is 5.91 Å². The zero-order chi connectivity index (χ0) is 15.3. The van der Waals surface area contributed by atoms with Crippen LogP contribution in [0, 0.1) is 5.92 Å². The predicted octanol–water partition coefficient (Wildman–Crippen LogP) is 0.359. The molecule has 1 fully saturated rings. The Morgan fingerprint density at radius 2 is 2.00 bits per heavy atom. The van der Waals surface area contributed by atoms with Gasteiger partial charge in [-0.05, 0) is 18.8 Å². The van der Waals surface area contributed by atoms with E-state index >= 15 is 0 Å². The zero-order valence-electron chi connectivity index (χ0n) is 12.3. The summed E-state index contributed by atoms with van der Waals surface area (Å²) in [5.74, 6) is -0.751. The Bertz CT molecular complexity index is 384. The van der Waals surface area contributed by atoms with Gasteiger partial charge in [-0.2, -0.15) is 0 Å². The Labute approximate surface area is 118 Å². The molecule has 0 spiro atoms. The molecule has 114 valence electrons. The number of piperidine rings is 1. The Balaban J connectivity index is 2.48. The maximum absolute atomic E-state index is 12.0. The average Bonchev–Trinajstić information content (AvgIpc) is 2.37. The van der Waals surface area contributed by atoms with Crippen molar-refractivity contribution in [2.75, 3.05) is 27.2 Å². The van der Waals surface area contributed by atoms with Gasteiger partial charge in [0.15, 0.2) is 0 Å². The van der Waals surface area contributed by atoms with E-state index in [4.69, 9.17) is 0 Å². The number of carboxylic acids is 1. The Morgan fingerprint density at radius 1 is 1.35 bits per heavy atom. The van der Waals surface area contributed by atoms with Gasteiger partial charge < -0.3 is 20.2 Å². The second kappa shape index (κ2) is 7.12. The van der Waals surface area contributed by atoms with Crippen LogP contribution in [-0.2, 0) is 9.59 Å². The van der Waals surface area contributed by atoms with Crippen molar-refractivity contribution >= 4 is 17.9 Å². The van der Waals surface area contributed by atoms with Gasteiger partial charge in [0.25, 0.3) is 0 Å².